The average Bonchev–Trinajstić information content (AvgIpc) is 2.50. The molecule has 1 atom stereocenters. The summed E-state index contributed by atoms with van der Waals surface area (Å²) in [5, 5.41) is 3.57. The maximum Gasteiger partial charge on any atom is 0.118 e. The van der Waals surface area contributed by atoms with Gasteiger partial charge in [-0.1, -0.05) is 24.3 Å². The van der Waals surface area contributed by atoms with Gasteiger partial charge in [0, 0.05) is 16.2 Å². The monoisotopic (exact) mass is 347 g/mol. The first kappa shape index (κ1) is 15.9. The van der Waals surface area contributed by atoms with Crippen LogP contribution in [-0.2, 0) is 6.42 Å². The van der Waals surface area contributed by atoms with Crippen molar-refractivity contribution in [1.29, 1.82) is 0 Å². The van der Waals surface area contributed by atoms with Crippen molar-refractivity contribution in [3.8, 4) is 5.75 Å². The van der Waals surface area contributed by atoms with Gasteiger partial charge in [0.2, 0.25) is 0 Å². The van der Waals surface area contributed by atoms with E-state index >= 15 is 0 Å². The minimum absolute atomic E-state index is 0.421. The van der Waals surface area contributed by atoms with E-state index in [9.17, 15) is 0 Å². The molecule has 21 heavy (non-hydrogen) atoms. The number of rotatable bonds is 6. The Morgan fingerprint density at radius 1 is 1.14 bits per heavy atom. The summed E-state index contributed by atoms with van der Waals surface area (Å²) in [6.07, 6.45) is 2.15. The van der Waals surface area contributed by atoms with E-state index in [1.807, 2.05) is 12.1 Å². The molecule has 2 aromatic rings. The Morgan fingerprint density at radius 3 is 2.52 bits per heavy atom. The molecule has 0 aliphatic rings. The second-order valence-corrected chi connectivity index (χ2v) is 6.16. The van der Waals surface area contributed by atoms with E-state index < -0.39 is 0 Å². The van der Waals surface area contributed by atoms with Gasteiger partial charge >= 0.3 is 0 Å². The lowest BCUT2D eigenvalue weighted by Crippen LogP contribution is -2.16. The SMILES string of the molecule is COc1ccc(CCC(C)Nc2cccc(C)c2Br)cc1. The van der Waals surface area contributed by atoms with E-state index in [1.165, 1.54) is 11.1 Å². The van der Waals surface area contributed by atoms with E-state index in [4.69, 9.17) is 4.74 Å². The van der Waals surface area contributed by atoms with Crippen molar-refractivity contribution < 1.29 is 4.74 Å². The predicted molar refractivity (Wildman–Crippen MR) is 93.3 cm³/mol. The minimum Gasteiger partial charge on any atom is -0.497 e. The van der Waals surface area contributed by atoms with E-state index in [-0.39, 0.29) is 0 Å². The summed E-state index contributed by atoms with van der Waals surface area (Å²) >= 11 is 3.64. The molecule has 3 heteroatoms. The lowest BCUT2D eigenvalue weighted by molar-refractivity contribution is 0.414. The van der Waals surface area contributed by atoms with Crippen LogP contribution in [0.3, 0.4) is 0 Å². The van der Waals surface area contributed by atoms with E-state index in [0.717, 1.165) is 28.8 Å². The first-order valence-electron chi connectivity index (χ1n) is 7.24. The summed E-state index contributed by atoms with van der Waals surface area (Å²) in [5.41, 5.74) is 3.76. The largest absolute Gasteiger partial charge is 0.497 e. The number of halogens is 1. The van der Waals surface area contributed by atoms with Gasteiger partial charge in [-0.25, -0.2) is 0 Å². The quantitative estimate of drug-likeness (QED) is 0.775. The highest BCUT2D eigenvalue weighted by Crippen LogP contribution is 2.26. The number of hydrogen-bond donors (Lipinski definition) is 1. The molecule has 0 saturated carbocycles. The number of methoxy groups -OCH3 is 1. The Bertz CT molecular complexity index is 580. The van der Waals surface area contributed by atoms with Gasteiger partial charge < -0.3 is 10.1 Å². The van der Waals surface area contributed by atoms with Gasteiger partial charge in [-0.3, -0.25) is 0 Å². The van der Waals surface area contributed by atoms with Crippen molar-refractivity contribution in [3.05, 3.63) is 58.1 Å². The van der Waals surface area contributed by atoms with Gasteiger partial charge in [-0.2, -0.15) is 0 Å². The summed E-state index contributed by atoms with van der Waals surface area (Å²) < 4.78 is 6.33. The molecule has 2 rings (SSSR count). The van der Waals surface area contributed by atoms with Crippen LogP contribution < -0.4 is 10.1 Å². The van der Waals surface area contributed by atoms with Crippen molar-refractivity contribution in [3.63, 3.8) is 0 Å². The molecule has 0 aliphatic carbocycles. The fourth-order valence-corrected chi connectivity index (χ4v) is 2.65. The van der Waals surface area contributed by atoms with Gasteiger partial charge in [0.1, 0.15) is 5.75 Å². The molecule has 0 heterocycles. The molecule has 2 aromatic carbocycles. The second kappa shape index (κ2) is 7.51. The number of ether oxygens (including phenoxy) is 1. The van der Waals surface area contributed by atoms with Crippen LogP contribution in [0.4, 0.5) is 5.69 Å². The maximum atomic E-state index is 5.18. The van der Waals surface area contributed by atoms with Crippen LogP contribution in [0.2, 0.25) is 0 Å². The Hall–Kier alpha value is -1.48. The third-order valence-electron chi connectivity index (χ3n) is 3.62. The molecule has 112 valence electrons. The van der Waals surface area contributed by atoms with Crippen molar-refractivity contribution in [2.75, 3.05) is 12.4 Å². The topological polar surface area (TPSA) is 21.3 Å². The van der Waals surface area contributed by atoms with Gasteiger partial charge in [0.05, 0.1) is 7.11 Å². The van der Waals surface area contributed by atoms with Crippen LogP contribution in [0.1, 0.15) is 24.5 Å². The zero-order valence-electron chi connectivity index (χ0n) is 12.8. The minimum atomic E-state index is 0.421. The highest BCUT2D eigenvalue weighted by Gasteiger charge is 2.07. The van der Waals surface area contributed by atoms with Crippen LogP contribution in [0, 0.1) is 6.92 Å². The van der Waals surface area contributed by atoms with Crippen LogP contribution in [0.25, 0.3) is 0 Å². The number of benzene rings is 2. The molecular formula is C18H22BrNO. The van der Waals surface area contributed by atoms with Crippen LogP contribution >= 0.6 is 15.9 Å². The Kier molecular flexibility index (Phi) is 5.68. The van der Waals surface area contributed by atoms with Crippen LogP contribution in [0.15, 0.2) is 46.9 Å². The Labute approximate surface area is 135 Å². The first-order valence-corrected chi connectivity index (χ1v) is 8.04. The third kappa shape index (κ3) is 4.50. The van der Waals surface area contributed by atoms with Gasteiger partial charge in [-0.15, -0.1) is 0 Å². The number of nitrogens with one attached hydrogen (secondary N) is 1. The number of hydrogen-bond acceptors (Lipinski definition) is 2. The maximum absolute atomic E-state index is 5.18. The molecule has 0 amide bonds. The van der Waals surface area contributed by atoms with Crippen LogP contribution in [0.5, 0.6) is 5.75 Å². The highest BCUT2D eigenvalue weighted by molar-refractivity contribution is 9.10. The van der Waals surface area contributed by atoms with Gasteiger partial charge in [0.15, 0.2) is 0 Å². The molecular weight excluding hydrogens is 326 g/mol. The Balaban J connectivity index is 1.89. The van der Waals surface area contributed by atoms with Gasteiger partial charge in [0.25, 0.3) is 0 Å². The van der Waals surface area contributed by atoms with E-state index in [0.29, 0.717) is 6.04 Å². The highest BCUT2D eigenvalue weighted by atomic mass is 79.9. The fraction of sp³-hybridized carbons (Fsp3) is 0.333. The van der Waals surface area contributed by atoms with Crippen molar-refractivity contribution in [2.45, 2.75) is 32.7 Å². The summed E-state index contributed by atoms with van der Waals surface area (Å²) in [6, 6.07) is 15.0. The summed E-state index contributed by atoms with van der Waals surface area (Å²) in [5.74, 6) is 0.911. The predicted octanol–water partition coefficient (Wildman–Crippen LogP) is 5.20. The van der Waals surface area contributed by atoms with Crippen molar-refractivity contribution in [1.82, 2.24) is 0 Å². The molecule has 2 nitrogen and oxygen atoms in total. The standard InChI is InChI=1S/C18H22BrNO/c1-13-5-4-6-17(18(13)19)20-14(2)7-8-15-9-11-16(21-3)12-10-15/h4-6,9-12,14,20H,7-8H2,1-3H3. The molecule has 0 aromatic heterocycles. The molecule has 0 aliphatic heterocycles. The zero-order chi connectivity index (χ0) is 15.2. The lowest BCUT2D eigenvalue weighted by atomic mass is 10.1. The third-order valence-corrected chi connectivity index (χ3v) is 4.67. The summed E-state index contributed by atoms with van der Waals surface area (Å²) in [4.78, 5) is 0. The van der Waals surface area contributed by atoms with Crippen molar-refractivity contribution in [2.24, 2.45) is 0 Å². The second-order valence-electron chi connectivity index (χ2n) is 5.37. The van der Waals surface area contributed by atoms with Gasteiger partial charge in [-0.05, 0) is 71.9 Å². The molecule has 0 bridgehead atoms. The molecule has 0 saturated heterocycles. The summed E-state index contributed by atoms with van der Waals surface area (Å²) in [7, 11) is 1.70. The van der Waals surface area contributed by atoms with Crippen LogP contribution in [-0.4, -0.2) is 13.2 Å². The fourth-order valence-electron chi connectivity index (χ4n) is 2.27. The molecule has 0 spiro atoms. The van der Waals surface area contributed by atoms with E-state index in [1.54, 1.807) is 7.11 Å². The average molecular weight is 348 g/mol. The summed E-state index contributed by atoms with van der Waals surface area (Å²) in [6.45, 7) is 4.33. The normalized spacial score (nSPS) is 12.0. The molecule has 0 fully saturated rings. The van der Waals surface area contributed by atoms with Crippen molar-refractivity contribution >= 4 is 21.6 Å². The zero-order valence-corrected chi connectivity index (χ0v) is 14.4. The molecule has 0 radical (unpaired) electrons. The number of anilines is 1. The lowest BCUT2D eigenvalue weighted by Gasteiger charge is -2.17. The first-order chi connectivity index (χ1) is 10.1. The number of aryl methyl sites for hydroxylation is 2. The van der Waals surface area contributed by atoms with E-state index in [2.05, 4.69) is 65.4 Å². The Morgan fingerprint density at radius 2 is 1.86 bits per heavy atom. The smallest absolute Gasteiger partial charge is 0.118 e. The molecule has 1 N–H and O–H groups in total. The molecule has 1 unspecified atom stereocenters.